The highest BCUT2D eigenvalue weighted by atomic mass is 16.5. The number of allylic oxidation sites excluding steroid dienone is 2. The Labute approximate surface area is 184 Å². The van der Waals surface area contributed by atoms with Crippen molar-refractivity contribution in [1.29, 1.82) is 0 Å². The van der Waals surface area contributed by atoms with E-state index in [-0.39, 0.29) is 11.3 Å². The number of phenols is 1. The SMILES string of the molecule is C=C(C)[C@@H](O)CC/C(C)=C/Cc1c(OC)cc(CCc2ccccc2)c(C(=O)O)c1O. The fourth-order valence-electron chi connectivity index (χ4n) is 3.47. The monoisotopic (exact) mass is 424 g/mol. The van der Waals surface area contributed by atoms with E-state index in [9.17, 15) is 20.1 Å². The lowest BCUT2D eigenvalue weighted by atomic mass is 9.94. The van der Waals surface area contributed by atoms with Crippen molar-refractivity contribution in [3.05, 3.63) is 82.5 Å². The molecule has 0 heterocycles. The predicted octanol–water partition coefficient (Wildman–Crippen LogP) is 5.09. The van der Waals surface area contributed by atoms with E-state index in [0.717, 1.165) is 16.7 Å². The molecule has 0 saturated heterocycles. The van der Waals surface area contributed by atoms with E-state index < -0.39 is 12.1 Å². The number of benzene rings is 2. The molecule has 0 aliphatic carbocycles. The molecule has 0 spiro atoms. The summed E-state index contributed by atoms with van der Waals surface area (Å²) in [6.45, 7) is 7.49. The Kier molecular flexibility index (Phi) is 8.88. The molecule has 2 rings (SSSR count). The van der Waals surface area contributed by atoms with Gasteiger partial charge in [-0.1, -0.05) is 54.1 Å². The number of aliphatic hydroxyl groups excluding tert-OH is 1. The molecule has 2 aromatic carbocycles. The quantitative estimate of drug-likeness (QED) is 0.437. The van der Waals surface area contributed by atoms with E-state index in [2.05, 4.69) is 6.58 Å². The fraction of sp³-hybridized carbons (Fsp3) is 0.346. The molecule has 1 atom stereocenters. The van der Waals surface area contributed by atoms with Crippen molar-refractivity contribution in [1.82, 2.24) is 0 Å². The van der Waals surface area contributed by atoms with Crippen LogP contribution in [-0.2, 0) is 19.3 Å². The first-order valence-electron chi connectivity index (χ1n) is 10.4. The summed E-state index contributed by atoms with van der Waals surface area (Å²) >= 11 is 0. The van der Waals surface area contributed by atoms with Gasteiger partial charge in [0.2, 0.25) is 0 Å². The van der Waals surface area contributed by atoms with Crippen molar-refractivity contribution in [2.24, 2.45) is 0 Å². The van der Waals surface area contributed by atoms with Crippen LogP contribution in [0.25, 0.3) is 0 Å². The molecule has 5 heteroatoms. The first kappa shape index (κ1) is 24.2. The molecular formula is C26H32O5. The highest BCUT2D eigenvalue weighted by Crippen LogP contribution is 2.36. The summed E-state index contributed by atoms with van der Waals surface area (Å²) in [5, 5.41) is 30.5. The zero-order valence-corrected chi connectivity index (χ0v) is 18.5. The number of carbonyl (C=O) groups is 1. The molecule has 3 N–H and O–H groups in total. The van der Waals surface area contributed by atoms with Crippen LogP contribution in [0.15, 0.2) is 60.2 Å². The number of methoxy groups -OCH3 is 1. The topological polar surface area (TPSA) is 87.0 Å². The van der Waals surface area contributed by atoms with Crippen LogP contribution in [-0.4, -0.2) is 34.5 Å². The number of ether oxygens (including phenoxy) is 1. The van der Waals surface area contributed by atoms with Gasteiger partial charge in [-0.05, 0) is 63.1 Å². The summed E-state index contributed by atoms with van der Waals surface area (Å²) < 4.78 is 5.48. The highest BCUT2D eigenvalue weighted by Gasteiger charge is 2.22. The number of hydrogen-bond donors (Lipinski definition) is 3. The molecule has 0 fully saturated rings. The van der Waals surface area contributed by atoms with Gasteiger partial charge in [0, 0.05) is 5.56 Å². The molecule has 0 aromatic heterocycles. The first-order valence-corrected chi connectivity index (χ1v) is 10.4. The smallest absolute Gasteiger partial charge is 0.339 e. The largest absolute Gasteiger partial charge is 0.507 e. The van der Waals surface area contributed by atoms with Crippen molar-refractivity contribution < 1.29 is 24.9 Å². The molecule has 0 saturated carbocycles. The maximum absolute atomic E-state index is 11.9. The van der Waals surface area contributed by atoms with Crippen molar-refractivity contribution >= 4 is 5.97 Å². The fourth-order valence-corrected chi connectivity index (χ4v) is 3.47. The summed E-state index contributed by atoms with van der Waals surface area (Å²) in [4.78, 5) is 11.9. The molecule has 0 aliphatic heterocycles. The Morgan fingerprint density at radius 3 is 2.45 bits per heavy atom. The van der Waals surface area contributed by atoms with Crippen LogP contribution in [0.5, 0.6) is 11.5 Å². The third-order valence-electron chi connectivity index (χ3n) is 5.44. The summed E-state index contributed by atoms with van der Waals surface area (Å²) in [5.74, 6) is -0.938. The molecular weight excluding hydrogens is 392 g/mol. The second kappa shape index (κ2) is 11.4. The van der Waals surface area contributed by atoms with Crippen LogP contribution in [0, 0.1) is 0 Å². The summed E-state index contributed by atoms with van der Waals surface area (Å²) in [5.41, 5.74) is 3.77. The molecule has 0 aliphatic rings. The number of carboxylic acid groups (broad SMARTS) is 1. The van der Waals surface area contributed by atoms with E-state index in [4.69, 9.17) is 4.74 Å². The third-order valence-corrected chi connectivity index (χ3v) is 5.44. The highest BCUT2D eigenvalue weighted by molar-refractivity contribution is 5.93. The lowest BCUT2D eigenvalue weighted by Crippen LogP contribution is -2.08. The van der Waals surface area contributed by atoms with E-state index in [1.54, 1.807) is 13.0 Å². The molecule has 166 valence electrons. The van der Waals surface area contributed by atoms with Crippen LogP contribution >= 0.6 is 0 Å². The zero-order chi connectivity index (χ0) is 23.0. The summed E-state index contributed by atoms with van der Waals surface area (Å²) in [6, 6.07) is 11.5. The average Bonchev–Trinajstić information content (AvgIpc) is 2.74. The Hall–Kier alpha value is -3.05. The maximum atomic E-state index is 11.9. The van der Waals surface area contributed by atoms with E-state index in [1.165, 1.54) is 7.11 Å². The standard InChI is InChI=1S/C26H32O5/c1-17(2)22(27)15-11-18(3)10-14-21-23(31-4)16-20(24(25(21)28)26(29)30)13-12-19-8-6-5-7-9-19/h5-10,16,22,27-28H,1,11-15H2,2-4H3,(H,29,30)/b18-10+/t22-/m0/s1. The minimum absolute atomic E-state index is 0.0736. The molecule has 0 amide bonds. The molecule has 0 unspecified atom stereocenters. The number of aromatic carboxylic acids is 1. The normalized spacial score (nSPS) is 12.5. The van der Waals surface area contributed by atoms with E-state index >= 15 is 0 Å². The van der Waals surface area contributed by atoms with Crippen molar-refractivity contribution in [2.45, 2.75) is 52.1 Å². The third kappa shape index (κ3) is 6.72. The van der Waals surface area contributed by atoms with Crippen molar-refractivity contribution in [3.8, 4) is 11.5 Å². The zero-order valence-electron chi connectivity index (χ0n) is 18.5. The minimum atomic E-state index is -1.16. The van der Waals surface area contributed by atoms with Gasteiger partial charge in [0.25, 0.3) is 0 Å². The van der Waals surface area contributed by atoms with Gasteiger partial charge in [0.15, 0.2) is 0 Å². The maximum Gasteiger partial charge on any atom is 0.339 e. The van der Waals surface area contributed by atoms with Crippen LogP contribution in [0.2, 0.25) is 0 Å². The second-order valence-electron chi connectivity index (χ2n) is 7.89. The van der Waals surface area contributed by atoms with Crippen LogP contribution < -0.4 is 4.74 Å². The number of carboxylic acids is 1. The van der Waals surface area contributed by atoms with E-state index in [0.29, 0.717) is 49.0 Å². The lowest BCUT2D eigenvalue weighted by Gasteiger charge is -2.16. The van der Waals surface area contributed by atoms with Gasteiger partial charge in [-0.2, -0.15) is 0 Å². The van der Waals surface area contributed by atoms with Gasteiger partial charge in [-0.3, -0.25) is 0 Å². The predicted molar refractivity (Wildman–Crippen MR) is 123 cm³/mol. The van der Waals surface area contributed by atoms with Crippen LogP contribution in [0.1, 0.15) is 53.7 Å². The number of aryl methyl sites for hydroxylation is 2. The summed E-state index contributed by atoms with van der Waals surface area (Å²) in [6.07, 6.45) is 4.10. The average molecular weight is 425 g/mol. The van der Waals surface area contributed by atoms with Gasteiger partial charge in [0.1, 0.15) is 17.1 Å². The number of aliphatic hydroxyl groups is 1. The molecule has 0 radical (unpaired) electrons. The second-order valence-corrected chi connectivity index (χ2v) is 7.89. The Morgan fingerprint density at radius 2 is 1.87 bits per heavy atom. The first-order chi connectivity index (χ1) is 14.7. The number of aromatic hydroxyl groups is 1. The Balaban J connectivity index is 2.27. The van der Waals surface area contributed by atoms with Gasteiger partial charge < -0.3 is 20.1 Å². The number of rotatable bonds is 11. The Morgan fingerprint density at radius 1 is 1.19 bits per heavy atom. The lowest BCUT2D eigenvalue weighted by molar-refractivity contribution is 0.0692. The number of hydrogen-bond acceptors (Lipinski definition) is 4. The molecule has 31 heavy (non-hydrogen) atoms. The molecule has 0 bridgehead atoms. The van der Waals surface area contributed by atoms with Gasteiger partial charge in [-0.25, -0.2) is 4.79 Å². The van der Waals surface area contributed by atoms with Crippen LogP contribution in [0.4, 0.5) is 0 Å². The summed E-state index contributed by atoms with van der Waals surface area (Å²) in [7, 11) is 1.51. The molecule has 5 nitrogen and oxygen atoms in total. The molecule has 2 aromatic rings. The van der Waals surface area contributed by atoms with Gasteiger partial charge in [0.05, 0.1) is 13.2 Å². The minimum Gasteiger partial charge on any atom is -0.507 e. The van der Waals surface area contributed by atoms with Crippen molar-refractivity contribution in [3.63, 3.8) is 0 Å². The Bertz CT molecular complexity index is 944. The van der Waals surface area contributed by atoms with E-state index in [1.807, 2.05) is 43.3 Å². The van der Waals surface area contributed by atoms with Gasteiger partial charge in [-0.15, -0.1) is 0 Å². The van der Waals surface area contributed by atoms with Crippen LogP contribution in [0.3, 0.4) is 0 Å². The van der Waals surface area contributed by atoms with Gasteiger partial charge >= 0.3 is 5.97 Å². The van der Waals surface area contributed by atoms with Crippen molar-refractivity contribution in [2.75, 3.05) is 7.11 Å².